The molecule has 0 fully saturated rings. The topological polar surface area (TPSA) is 46.5 Å². The van der Waals surface area contributed by atoms with Gasteiger partial charge in [-0.1, -0.05) is 0 Å². The number of rotatable bonds is 0. The molecule has 0 aromatic heterocycles. The first kappa shape index (κ1) is 4.86. The Kier molecular flexibility index (Phi) is 2.06. The van der Waals surface area contributed by atoms with Crippen LogP contribution in [0.5, 0.6) is 0 Å². The summed E-state index contributed by atoms with van der Waals surface area (Å²) in [7, 11) is 1.62. The molecule has 3 nitrogen and oxygen atoms in total. The van der Waals surface area contributed by atoms with Gasteiger partial charge >= 0.3 is 5.71 Å². The van der Waals surface area contributed by atoms with E-state index in [-0.39, 0.29) is 0 Å². The van der Waals surface area contributed by atoms with E-state index in [9.17, 15) is 4.79 Å². The van der Waals surface area contributed by atoms with Crippen molar-refractivity contribution >= 4 is 15.0 Å². The van der Waals surface area contributed by atoms with Gasteiger partial charge in [0.25, 0.3) is 0 Å². The lowest BCUT2D eigenvalue weighted by molar-refractivity contribution is -0.166. The van der Waals surface area contributed by atoms with Crippen molar-refractivity contribution < 1.29 is 14.9 Å². The van der Waals surface area contributed by atoms with Gasteiger partial charge in [-0.3, -0.25) is 4.89 Å². The Hall–Kier alpha value is -0.140. The molecule has 0 aromatic carbocycles. The fourth-order valence-electron chi connectivity index (χ4n) is 0. The van der Waals surface area contributed by atoms with Gasteiger partial charge in [-0.05, 0) is 9.24 Å². The first-order valence-corrected chi connectivity index (χ1v) is 1.46. The third-order valence-corrected chi connectivity index (χ3v) is 0.195. The van der Waals surface area contributed by atoms with Crippen LogP contribution in [0.15, 0.2) is 0 Å². The zero-order valence-corrected chi connectivity index (χ0v) is 3.50. The molecule has 0 aliphatic carbocycles. The normalized spacial score (nSPS) is 6.80. The van der Waals surface area contributed by atoms with Gasteiger partial charge in [0.1, 0.15) is 0 Å². The van der Waals surface area contributed by atoms with Gasteiger partial charge in [0, 0.05) is 0 Å². The SMILES string of the molecule is O=C(P)OO. The standard InChI is InChI=1S/CH3O3P/c2-1(5)4-3/h3H,5H2. The Bertz CT molecular complexity index is 42.2. The Balaban J connectivity index is 2.85. The molecule has 1 unspecified atom stereocenters. The van der Waals surface area contributed by atoms with Crippen molar-refractivity contribution in [2.24, 2.45) is 0 Å². The maximum absolute atomic E-state index is 9.30. The number of hydrogen-bond donors (Lipinski definition) is 1. The largest absolute Gasteiger partial charge is 0.354 e. The van der Waals surface area contributed by atoms with E-state index >= 15 is 0 Å². The molecule has 0 saturated heterocycles. The quantitative estimate of drug-likeness (QED) is 0.269. The summed E-state index contributed by atoms with van der Waals surface area (Å²) in [6, 6.07) is 0. The van der Waals surface area contributed by atoms with Crippen LogP contribution >= 0.6 is 9.24 Å². The third-order valence-electron chi connectivity index (χ3n) is 0.0900. The van der Waals surface area contributed by atoms with Crippen molar-refractivity contribution in [1.82, 2.24) is 0 Å². The summed E-state index contributed by atoms with van der Waals surface area (Å²) >= 11 is 0. The van der Waals surface area contributed by atoms with Gasteiger partial charge < -0.3 is 0 Å². The van der Waals surface area contributed by atoms with E-state index in [4.69, 9.17) is 5.26 Å². The molecule has 0 rings (SSSR count). The van der Waals surface area contributed by atoms with Crippen molar-refractivity contribution in [3.8, 4) is 0 Å². The van der Waals surface area contributed by atoms with E-state index in [1.165, 1.54) is 0 Å². The molecule has 0 bridgehead atoms. The van der Waals surface area contributed by atoms with Gasteiger partial charge in [0.2, 0.25) is 0 Å². The van der Waals surface area contributed by atoms with Crippen molar-refractivity contribution in [2.75, 3.05) is 0 Å². The first-order chi connectivity index (χ1) is 2.27. The van der Waals surface area contributed by atoms with Crippen LogP contribution in [0.25, 0.3) is 0 Å². The zero-order chi connectivity index (χ0) is 4.28. The van der Waals surface area contributed by atoms with Crippen LogP contribution < -0.4 is 0 Å². The number of carbonyl (C=O) groups excluding carboxylic acids is 1. The number of carbonyl (C=O) groups is 1. The highest BCUT2D eigenvalue weighted by molar-refractivity contribution is 7.39. The summed E-state index contributed by atoms with van der Waals surface area (Å²) in [6.07, 6.45) is 0. The molecular formula is CH3O3P. The smallest absolute Gasteiger partial charge is 0.297 e. The maximum atomic E-state index is 9.30. The van der Waals surface area contributed by atoms with Gasteiger partial charge in [-0.2, -0.15) is 5.26 Å². The highest BCUT2D eigenvalue weighted by Crippen LogP contribution is 1.83. The molecule has 1 atom stereocenters. The predicted molar refractivity (Wildman–Crippen MR) is 18.8 cm³/mol. The molecule has 5 heavy (non-hydrogen) atoms. The second-order valence-corrected chi connectivity index (χ2v) is 0.882. The van der Waals surface area contributed by atoms with Gasteiger partial charge in [0.15, 0.2) is 0 Å². The van der Waals surface area contributed by atoms with E-state index in [0.29, 0.717) is 0 Å². The molecule has 1 N–H and O–H groups in total. The van der Waals surface area contributed by atoms with Gasteiger partial charge in [-0.15, -0.1) is 0 Å². The minimum Gasteiger partial charge on any atom is -0.297 e. The lowest BCUT2D eigenvalue weighted by Crippen LogP contribution is -1.80. The van der Waals surface area contributed by atoms with Crippen LogP contribution in [0.4, 0.5) is 4.79 Å². The molecule has 0 saturated carbocycles. The Labute approximate surface area is 31.1 Å². The molecular weight excluding hydrogens is 91.0 g/mol. The van der Waals surface area contributed by atoms with Crippen LogP contribution in [0.1, 0.15) is 0 Å². The van der Waals surface area contributed by atoms with Crippen LogP contribution in [0, 0.1) is 0 Å². The summed E-state index contributed by atoms with van der Waals surface area (Å²) in [6.45, 7) is 0. The maximum Gasteiger partial charge on any atom is 0.354 e. The lowest BCUT2D eigenvalue weighted by atomic mass is 11.6. The molecule has 0 amide bonds. The molecule has 0 aliphatic heterocycles. The fourth-order valence-corrected chi connectivity index (χ4v) is 0. The van der Waals surface area contributed by atoms with Gasteiger partial charge in [0.05, 0.1) is 0 Å². The monoisotopic (exact) mass is 94.0 g/mol. The third kappa shape index (κ3) is 3.86. The van der Waals surface area contributed by atoms with Gasteiger partial charge in [-0.25, -0.2) is 4.79 Å². The fraction of sp³-hybridized carbons (Fsp3) is 0. The zero-order valence-electron chi connectivity index (χ0n) is 2.34. The molecule has 0 radical (unpaired) electrons. The van der Waals surface area contributed by atoms with Crippen LogP contribution in [-0.2, 0) is 4.89 Å². The highest BCUT2D eigenvalue weighted by atomic mass is 31.0. The Morgan fingerprint density at radius 3 is 2.20 bits per heavy atom. The molecule has 0 aromatic rings. The summed E-state index contributed by atoms with van der Waals surface area (Å²) in [5.41, 5.74) is -0.773. The average Bonchev–Trinajstić information content (AvgIpc) is 1.38. The van der Waals surface area contributed by atoms with Crippen molar-refractivity contribution in [3.05, 3.63) is 0 Å². The molecule has 0 spiro atoms. The predicted octanol–water partition coefficient (Wildman–Crippen LogP) is 0.471. The summed E-state index contributed by atoms with van der Waals surface area (Å²) in [4.78, 5) is 12.4. The van der Waals surface area contributed by atoms with E-state index in [1.54, 1.807) is 9.24 Å². The average molecular weight is 94.0 g/mol. The van der Waals surface area contributed by atoms with Crippen molar-refractivity contribution in [1.29, 1.82) is 0 Å². The first-order valence-electron chi connectivity index (χ1n) is 0.879. The Morgan fingerprint density at radius 2 is 2.20 bits per heavy atom. The van der Waals surface area contributed by atoms with Crippen molar-refractivity contribution in [2.45, 2.75) is 0 Å². The van der Waals surface area contributed by atoms with Crippen LogP contribution in [0.3, 0.4) is 0 Å². The van der Waals surface area contributed by atoms with E-state index < -0.39 is 5.71 Å². The van der Waals surface area contributed by atoms with E-state index in [2.05, 4.69) is 4.89 Å². The number of hydrogen-bond acceptors (Lipinski definition) is 3. The molecule has 4 heteroatoms. The van der Waals surface area contributed by atoms with E-state index in [1.807, 2.05) is 0 Å². The van der Waals surface area contributed by atoms with Crippen LogP contribution in [-0.4, -0.2) is 11.0 Å². The molecule has 0 heterocycles. The highest BCUT2D eigenvalue weighted by Gasteiger charge is 1.79. The minimum atomic E-state index is -0.773. The minimum absolute atomic E-state index is 0.773. The van der Waals surface area contributed by atoms with Crippen molar-refractivity contribution in [3.63, 3.8) is 0 Å². The molecule has 30 valence electrons. The second-order valence-electron chi connectivity index (χ2n) is 0.410. The molecule has 0 aliphatic rings. The Morgan fingerprint density at radius 1 is 2.00 bits per heavy atom. The van der Waals surface area contributed by atoms with E-state index in [0.717, 1.165) is 0 Å². The van der Waals surface area contributed by atoms with Crippen LogP contribution in [0.2, 0.25) is 0 Å². The summed E-state index contributed by atoms with van der Waals surface area (Å²) in [5, 5.41) is 7.27. The second kappa shape index (κ2) is 2.12. The summed E-state index contributed by atoms with van der Waals surface area (Å²) in [5.74, 6) is 0. The summed E-state index contributed by atoms with van der Waals surface area (Å²) < 4.78 is 0. The lowest BCUT2D eigenvalue weighted by Gasteiger charge is -1.76.